The summed E-state index contributed by atoms with van der Waals surface area (Å²) in [6, 6.07) is 2.42. The monoisotopic (exact) mass is 354 g/mol. The summed E-state index contributed by atoms with van der Waals surface area (Å²) < 4.78 is 5.72. The van der Waals surface area contributed by atoms with E-state index < -0.39 is 0 Å². The summed E-state index contributed by atoms with van der Waals surface area (Å²) in [6.45, 7) is 5.48. The van der Waals surface area contributed by atoms with Crippen molar-refractivity contribution in [2.24, 2.45) is 0 Å². The number of morpholine rings is 1. The molecule has 0 saturated carbocycles. The van der Waals surface area contributed by atoms with E-state index in [1.807, 2.05) is 18.5 Å². The van der Waals surface area contributed by atoms with E-state index in [9.17, 15) is 0 Å². The van der Waals surface area contributed by atoms with E-state index >= 15 is 0 Å². The highest BCUT2D eigenvalue weighted by Crippen LogP contribution is 2.18. The normalized spacial score (nSPS) is 21.2. The summed E-state index contributed by atoms with van der Waals surface area (Å²) in [5.41, 5.74) is 2.13. The Morgan fingerprint density at radius 3 is 2.81 bits per heavy atom. The van der Waals surface area contributed by atoms with Crippen molar-refractivity contribution in [2.45, 2.75) is 38.3 Å². The molecule has 1 atom stereocenters. The number of rotatable bonds is 6. The van der Waals surface area contributed by atoms with Gasteiger partial charge in [0.05, 0.1) is 24.6 Å². The van der Waals surface area contributed by atoms with Gasteiger partial charge in [0, 0.05) is 57.0 Å². The van der Waals surface area contributed by atoms with Crippen molar-refractivity contribution in [3.05, 3.63) is 42.2 Å². The first-order valence-electron chi connectivity index (χ1n) is 9.52. The predicted octanol–water partition coefficient (Wildman–Crippen LogP) is 1.70. The molecule has 2 fully saturated rings. The van der Waals surface area contributed by atoms with Crippen molar-refractivity contribution in [1.82, 2.24) is 24.8 Å². The number of anilines is 1. The van der Waals surface area contributed by atoms with Crippen molar-refractivity contribution in [1.29, 1.82) is 0 Å². The van der Waals surface area contributed by atoms with Gasteiger partial charge in [0.1, 0.15) is 0 Å². The Bertz CT molecular complexity index is 691. The van der Waals surface area contributed by atoms with Crippen LogP contribution >= 0.6 is 0 Å². The van der Waals surface area contributed by atoms with E-state index in [0.717, 1.165) is 69.6 Å². The van der Waals surface area contributed by atoms with Crippen molar-refractivity contribution in [2.75, 3.05) is 37.7 Å². The zero-order chi connectivity index (χ0) is 17.6. The first kappa shape index (κ1) is 17.3. The lowest BCUT2D eigenvalue weighted by molar-refractivity contribution is -0.0149. The number of ether oxygens (including phenoxy) is 1. The smallest absolute Gasteiger partial charge is 0.225 e. The molecule has 138 valence electrons. The van der Waals surface area contributed by atoms with E-state index in [4.69, 9.17) is 9.72 Å². The summed E-state index contributed by atoms with van der Waals surface area (Å²) in [7, 11) is 0. The van der Waals surface area contributed by atoms with Gasteiger partial charge in [0.2, 0.25) is 5.95 Å². The molecular weight excluding hydrogens is 328 g/mol. The Balaban J connectivity index is 1.39. The molecule has 2 saturated heterocycles. The quantitative estimate of drug-likeness (QED) is 0.782. The van der Waals surface area contributed by atoms with Crippen LogP contribution in [0.1, 0.15) is 30.7 Å². The largest absolute Gasteiger partial charge is 0.378 e. The van der Waals surface area contributed by atoms with Crippen LogP contribution in [0.5, 0.6) is 0 Å². The van der Waals surface area contributed by atoms with Crippen molar-refractivity contribution < 1.29 is 4.74 Å². The number of aromatic nitrogens is 4. The van der Waals surface area contributed by atoms with E-state index in [0.29, 0.717) is 6.04 Å². The second-order valence-electron chi connectivity index (χ2n) is 6.98. The summed E-state index contributed by atoms with van der Waals surface area (Å²) in [6.07, 6.45) is 11.6. The molecule has 0 radical (unpaired) electrons. The molecule has 0 aliphatic carbocycles. The number of hydrogen-bond acceptors (Lipinski definition) is 7. The van der Waals surface area contributed by atoms with Gasteiger partial charge >= 0.3 is 0 Å². The first-order chi connectivity index (χ1) is 12.9. The molecule has 26 heavy (non-hydrogen) atoms. The SMILES string of the molecule is c1cnc(CC[C@@H]2COCCN2Cc2ccnc(N3CCCC3)n2)cn1. The molecule has 7 heteroatoms. The fourth-order valence-electron chi connectivity index (χ4n) is 3.69. The van der Waals surface area contributed by atoms with Crippen molar-refractivity contribution >= 4 is 5.95 Å². The van der Waals surface area contributed by atoms with Gasteiger partial charge in [-0.15, -0.1) is 0 Å². The molecule has 0 spiro atoms. The molecule has 0 amide bonds. The minimum Gasteiger partial charge on any atom is -0.378 e. The average molecular weight is 354 g/mol. The van der Waals surface area contributed by atoms with E-state index in [-0.39, 0.29) is 0 Å². The van der Waals surface area contributed by atoms with Crippen molar-refractivity contribution in [3.63, 3.8) is 0 Å². The lowest BCUT2D eigenvalue weighted by Gasteiger charge is -2.35. The second kappa shape index (κ2) is 8.51. The van der Waals surface area contributed by atoms with Crippen LogP contribution < -0.4 is 4.90 Å². The standard InChI is InChI=1S/C19H26N6O/c1-2-10-24(9-1)19-22-6-5-17(23-19)14-25-11-12-26-15-18(25)4-3-16-13-20-7-8-21-16/h5-8,13,18H,1-4,9-12,14-15H2/t18-/m1/s1. The Morgan fingerprint density at radius 1 is 1.04 bits per heavy atom. The zero-order valence-electron chi connectivity index (χ0n) is 15.1. The molecule has 0 bridgehead atoms. The van der Waals surface area contributed by atoms with Gasteiger partial charge in [-0.1, -0.05) is 0 Å². The third kappa shape index (κ3) is 4.34. The van der Waals surface area contributed by atoms with Crippen LogP contribution in [0, 0.1) is 0 Å². The molecule has 4 heterocycles. The fraction of sp³-hybridized carbons (Fsp3) is 0.579. The van der Waals surface area contributed by atoms with Crippen molar-refractivity contribution in [3.8, 4) is 0 Å². The molecule has 2 aliphatic heterocycles. The van der Waals surface area contributed by atoms with Gasteiger partial charge in [-0.05, 0) is 31.7 Å². The topological polar surface area (TPSA) is 67.3 Å². The molecule has 2 aliphatic rings. The molecular formula is C19H26N6O. The van der Waals surface area contributed by atoms with Crippen LogP contribution in [0.2, 0.25) is 0 Å². The fourth-order valence-corrected chi connectivity index (χ4v) is 3.69. The maximum atomic E-state index is 5.72. The van der Waals surface area contributed by atoms with Crippen LogP contribution in [0.15, 0.2) is 30.9 Å². The van der Waals surface area contributed by atoms with Crippen LogP contribution in [-0.4, -0.2) is 63.7 Å². The highest BCUT2D eigenvalue weighted by Gasteiger charge is 2.24. The second-order valence-corrected chi connectivity index (χ2v) is 6.98. The summed E-state index contributed by atoms with van der Waals surface area (Å²) in [4.78, 5) is 22.6. The minimum absolute atomic E-state index is 0.385. The van der Waals surface area contributed by atoms with Gasteiger partial charge in [-0.3, -0.25) is 14.9 Å². The van der Waals surface area contributed by atoms with Crippen LogP contribution in [0.25, 0.3) is 0 Å². The highest BCUT2D eigenvalue weighted by atomic mass is 16.5. The zero-order valence-corrected chi connectivity index (χ0v) is 15.1. The van der Waals surface area contributed by atoms with Gasteiger partial charge in [0.25, 0.3) is 0 Å². The van der Waals surface area contributed by atoms with E-state index in [1.54, 1.807) is 12.4 Å². The lowest BCUT2D eigenvalue weighted by atomic mass is 10.1. The maximum Gasteiger partial charge on any atom is 0.225 e. The van der Waals surface area contributed by atoms with Gasteiger partial charge in [-0.2, -0.15) is 0 Å². The Hall–Kier alpha value is -2.12. The van der Waals surface area contributed by atoms with Gasteiger partial charge < -0.3 is 9.64 Å². The summed E-state index contributed by atoms with van der Waals surface area (Å²) in [5.74, 6) is 0.879. The summed E-state index contributed by atoms with van der Waals surface area (Å²) in [5, 5.41) is 0. The van der Waals surface area contributed by atoms with E-state index in [2.05, 4.69) is 24.8 Å². The minimum atomic E-state index is 0.385. The molecule has 0 N–H and O–H groups in total. The number of nitrogens with zero attached hydrogens (tertiary/aromatic N) is 6. The molecule has 0 unspecified atom stereocenters. The Labute approximate surface area is 154 Å². The van der Waals surface area contributed by atoms with E-state index in [1.165, 1.54) is 12.8 Å². The maximum absolute atomic E-state index is 5.72. The number of hydrogen-bond donors (Lipinski definition) is 0. The molecule has 7 nitrogen and oxygen atoms in total. The summed E-state index contributed by atoms with van der Waals surface area (Å²) >= 11 is 0. The third-order valence-corrected chi connectivity index (χ3v) is 5.15. The molecule has 0 aromatic carbocycles. The molecule has 2 aromatic rings. The highest BCUT2D eigenvalue weighted by molar-refractivity contribution is 5.31. The van der Waals surface area contributed by atoms with Crippen LogP contribution in [-0.2, 0) is 17.7 Å². The Morgan fingerprint density at radius 2 is 1.96 bits per heavy atom. The molecule has 2 aromatic heterocycles. The number of aryl methyl sites for hydroxylation is 1. The Kier molecular flexibility index (Phi) is 5.66. The predicted molar refractivity (Wildman–Crippen MR) is 98.8 cm³/mol. The first-order valence-corrected chi connectivity index (χ1v) is 9.52. The van der Waals surface area contributed by atoms with Gasteiger partial charge in [-0.25, -0.2) is 9.97 Å². The average Bonchev–Trinajstić information content (AvgIpc) is 3.23. The molecule has 4 rings (SSSR count). The van der Waals surface area contributed by atoms with Gasteiger partial charge in [0.15, 0.2) is 0 Å². The lowest BCUT2D eigenvalue weighted by Crippen LogP contribution is -2.45. The van der Waals surface area contributed by atoms with Crippen LogP contribution in [0.3, 0.4) is 0 Å². The van der Waals surface area contributed by atoms with Crippen LogP contribution in [0.4, 0.5) is 5.95 Å². The third-order valence-electron chi connectivity index (χ3n) is 5.15.